The average Bonchev–Trinajstić information content (AvgIpc) is 2.78. The normalized spacial score (nSPS) is 23.5. The van der Waals surface area contributed by atoms with E-state index < -0.39 is 53.7 Å². The summed E-state index contributed by atoms with van der Waals surface area (Å²) in [4.78, 5) is 46.9. The molecule has 1 aliphatic rings. The van der Waals surface area contributed by atoms with Crippen LogP contribution in [0, 0.1) is 0 Å². The SMILES string of the molecule is CCCCCCCCCCCCS[C@@H]1O[C@H](COC(C)=O)[C@@H](OC(C)=O)[C@H](OC(C)=O)[C@H]1OC(C)=O. The molecule has 1 fully saturated rings. The smallest absolute Gasteiger partial charge is 0.303 e. The summed E-state index contributed by atoms with van der Waals surface area (Å²) in [6.07, 6.45) is 8.08. The summed E-state index contributed by atoms with van der Waals surface area (Å²) < 4.78 is 27.6. The van der Waals surface area contributed by atoms with Gasteiger partial charge in [-0.05, 0) is 12.2 Å². The van der Waals surface area contributed by atoms with E-state index in [2.05, 4.69) is 6.92 Å². The number of rotatable bonds is 17. The van der Waals surface area contributed by atoms with Crippen molar-refractivity contribution in [3.63, 3.8) is 0 Å². The molecule has 1 rings (SSSR count). The molecule has 0 radical (unpaired) electrons. The summed E-state index contributed by atoms with van der Waals surface area (Å²) >= 11 is 1.44. The van der Waals surface area contributed by atoms with Crippen molar-refractivity contribution >= 4 is 35.6 Å². The van der Waals surface area contributed by atoms with E-state index in [1.54, 1.807) is 0 Å². The highest BCUT2D eigenvalue weighted by Crippen LogP contribution is 2.34. The van der Waals surface area contributed by atoms with Crippen LogP contribution < -0.4 is 0 Å². The van der Waals surface area contributed by atoms with Crippen LogP contribution >= 0.6 is 11.8 Å². The third-order valence-corrected chi connectivity index (χ3v) is 6.96. The molecule has 0 aliphatic carbocycles. The van der Waals surface area contributed by atoms with E-state index in [9.17, 15) is 19.2 Å². The molecule has 10 heteroatoms. The topological polar surface area (TPSA) is 114 Å². The van der Waals surface area contributed by atoms with E-state index in [1.807, 2.05) is 0 Å². The van der Waals surface area contributed by atoms with Crippen LogP contribution in [0.4, 0.5) is 0 Å². The Morgan fingerprint density at radius 1 is 0.639 bits per heavy atom. The Hall–Kier alpha value is -1.81. The molecule has 0 saturated carbocycles. The quantitative estimate of drug-likeness (QED) is 0.148. The highest BCUT2D eigenvalue weighted by Gasteiger charge is 2.52. The van der Waals surface area contributed by atoms with Crippen molar-refractivity contribution in [1.29, 1.82) is 0 Å². The highest BCUT2D eigenvalue weighted by atomic mass is 32.2. The van der Waals surface area contributed by atoms with Crippen LogP contribution in [-0.4, -0.2) is 66.1 Å². The van der Waals surface area contributed by atoms with Crippen molar-refractivity contribution in [3.8, 4) is 0 Å². The van der Waals surface area contributed by atoms with Crippen LogP contribution in [0.2, 0.25) is 0 Å². The maximum Gasteiger partial charge on any atom is 0.303 e. The molecule has 0 N–H and O–H groups in total. The summed E-state index contributed by atoms with van der Waals surface area (Å²) in [6.45, 7) is 6.96. The molecular formula is C26H44O9S. The summed E-state index contributed by atoms with van der Waals surface area (Å²) in [6, 6.07) is 0. The molecule has 1 heterocycles. The van der Waals surface area contributed by atoms with Crippen LogP contribution in [0.5, 0.6) is 0 Å². The Morgan fingerprint density at radius 2 is 1.11 bits per heavy atom. The monoisotopic (exact) mass is 532 g/mol. The van der Waals surface area contributed by atoms with Crippen molar-refractivity contribution in [3.05, 3.63) is 0 Å². The van der Waals surface area contributed by atoms with Crippen LogP contribution in [0.15, 0.2) is 0 Å². The zero-order chi connectivity index (χ0) is 26.9. The number of unbranched alkanes of at least 4 members (excludes halogenated alkanes) is 9. The molecule has 0 spiro atoms. The second-order valence-electron chi connectivity index (χ2n) is 9.12. The number of ether oxygens (including phenoxy) is 5. The maximum atomic E-state index is 11.9. The standard InChI is InChI=1S/C26H44O9S/c1-6-7-8-9-10-11-12-13-14-15-16-36-26-25(34-21(5)30)24(33-20(4)29)23(32-19(3)28)22(35-26)17-31-18(2)27/h22-26H,6-17H2,1-5H3/t22-,23-,24+,25-,26+/m1/s1. The number of hydrogen-bond acceptors (Lipinski definition) is 10. The summed E-state index contributed by atoms with van der Waals surface area (Å²) in [5, 5.41) is 0. The third-order valence-electron chi connectivity index (χ3n) is 5.73. The average molecular weight is 533 g/mol. The minimum Gasteiger partial charge on any atom is -0.463 e. The molecule has 0 bridgehead atoms. The molecular weight excluding hydrogens is 488 g/mol. The van der Waals surface area contributed by atoms with Gasteiger partial charge in [-0.3, -0.25) is 19.2 Å². The molecule has 9 nitrogen and oxygen atoms in total. The molecule has 1 aliphatic heterocycles. The second-order valence-corrected chi connectivity index (χ2v) is 10.3. The van der Waals surface area contributed by atoms with Gasteiger partial charge in [-0.15, -0.1) is 11.8 Å². The molecule has 5 atom stereocenters. The van der Waals surface area contributed by atoms with Crippen LogP contribution in [0.1, 0.15) is 98.8 Å². The number of carbonyl (C=O) groups is 4. The largest absolute Gasteiger partial charge is 0.463 e. The molecule has 0 amide bonds. The Morgan fingerprint density at radius 3 is 1.61 bits per heavy atom. The lowest BCUT2D eigenvalue weighted by molar-refractivity contribution is -0.237. The van der Waals surface area contributed by atoms with Gasteiger partial charge in [0, 0.05) is 27.7 Å². The number of esters is 4. The van der Waals surface area contributed by atoms with Gasteiger partial charge in [0.05, 0.1) is 0 Å². The van der Waals surface area contributed by atoms with E-state index in [4.69, 9.17) is 23.7 Å². The number of carbonyl (C=O) groups excluding carboxylic acids is 4. The van der Waals surface area contributed by atoms with Crippen molar-refractivity contribution < 1.29 is 42.9 Å². The van der Waals surface area contributed by atoms with Gasteiger partial charge in [0.1, 0.15) is 18.1 Å². The molecule has 1 saturated heterocycles. The third kappa shape index (κ3) is 13.5. The fraction of sp³-hybridized carbons (Fsp3) is 0.846. The number of hydrogen-bond donors (Lipinski definition) is 0. The van der Waals surface area contributed by atoms with Gasteiger partial charge >= 0.3 is 23.9 Å². The Kier molecular flexibility index (Phi) is 16.5. The molecule has 0 aromatic carbocycles. The Bertz CT molecular complexity index is 684. The molecule has 0 unspecified atom stereocenters. The Labute approximate surface area is 219 Å². The molecule has 0 aromatic heterocycles. The first-order valence-corrected chi connectivity index (χ1v) is 14.1. The van der Waals surface area contributed by atoms with Gasteiger partial charge in [-0.1, -0.05) is 64.7 Å². The van der Waals surface area contributed by atoms with Crippen molar-refractivity contribution in [2.24, 2.45) is 0 Å². The summed E-state index contributed by atoms with van der Waals surface area (Å²) in [5.74, 6) is -1.62. The van der Waals surface area contributed by atoms with Gasteiger partial charge < -0.3 is 23.7 Å². The van der Waals surface area contributed by atoms with Crippen molar-refractivity contribution in [2.45, 2.75) is 129 Å². The minimum absolute atomic E-state index is 0.201. The first kappa shape index (κ1) is 32.2. The molecule has 208 valence electrons. The van der Waals surface area contributed by atoms with E-state index in [0.717, 1.165) is 25.0 Å². The van der Waals surface area contributed by atoms with Crippen LogP contribution in [-0.2, 0) is 42.9 Å². The van der Waals surface area contributed by atoms with E-state index >= 15 is 0 Å². The van der Waals surface area contributed by atoms with E-state index in [-0.39, 0.29) is 6.61 Å². The highest BCUT2D eigenvalue weighted by molar-refractivity contribution is 7.99. The van der Waals surface area contributed by atoms with Gasteiger partial charge in [-0.25, -0.2) is 0 Å². The second kappa shape index (κ2) is 18.4. The maximum absolute atomic E-state index is 11.9. The van der Waals surface area contributed by atoms with E-state index in [0.29, 0.717) is 0 Å². The van der Waals surface area contributed by atoms with Crippen LogP contribution in [0.25, 0.3) is 0 Å². The number of thioether (sulfide) groups is 1. The zero-order valence-corrected chi connectivity index (χ0v) is 23.3. The Balaban J connectivity index is 2.77. The van der Waals surface area contributed by atoms with Gasteiger partial charge in [0.2, 0.25) is 0 Å². The minimum atomic E-state index is -1.11. The molecule has 0 aromatic rings. The first-order chi connectivity index (χ1) is 17.1. The lowest BCUT2D eigenvalue weighted by Gasteiger charge is -2.44. The fourth-order valence-corrected chi connectivity index (χ4v) is 5.34. The summed E-state index contributed by atoms with van der Waals surface area (Å²) in [5.41, 5.74) is -0.691. The molecule has 36 heavy (non-hydrogen) atoms. The zero-order valence-electron chi connectivity index (χ0n) is 22.5. The predicted octanol–water partition coefficient (Wildman–Crippen LogP) is 4.72. The van der Waals surface area contributed by atoms with Crippen molar-refractivity contribution in [1.82, 2.24) is 0 Å². The van der Waals surface area contributed by atoms with Crippen molar-refractivity contribution in [2.75, 3.05) is 12.4 Å². The summed E-state index contributed by atoms with van der Waals surface area (Å²) in [7, 11) is 0. The lowest BCUT2D eigenvalue weighted by atomic mass is 9.99. The lowest BCUT2D eigenvalue weighted by Crippen LogP contribution is -2.61. The predicted molar refractivity (Wildman–Crippen MR) is 136 cm³/mol. The van der Waals surface area contributed by atoms with Gasteiger partial charge in [0.25, 0.3) is 0 Å². The van der Waals surface area contributed by atoms with Gasteiger partial charge in [0.15, 0.2) is 18.3 Å². The van der Waals surface area contributed by atoms with Gasteiger partial charge in [-0.2, -0.15) is 0 Å². The first-order valence-electron chi connectivity index (χ1n) is 13.1. The fourth-order valence-electron chi connectivity index (χ4n) is 4.11. The van der Waals surface area contributed by atoms with Crippen LogP contribution in [0.3, 0.4) is 0 Å². The van der Waals surface area contributed by atoms with E-state index in [1.165, 1.54) is 84.4 Å².